The zero-order valence-corrected chi connectivity index (χ0v) is 15.6. The summed E-state index contributed by atoms with van der Waals surface area (Å²) in [6.07, 6.45) is 1.07. The smallest absolute Gasteiger partial charge is 0.756 e. The average molecular weight is 328 g/mol. The summed E-state index contributed by atoms with van der Waals surface area (Å²) in [6.45, 7) is 0.187. The molecule has 0 amide bonds. The Bertz CT molecular complexity index is 528. The normalized spacial score (nSPS) is 11.0. The number of phosphoric acid groups is 1. The van der Waals surface area contributed by atoms with E-state index in [1.807, 2.05) is 60.7 Å². The summed E-state index contributed by atoms with van der Waals surface area (Å²) in [4.78, 5) is 11.6. The van der Waals surface area contributed by atoms with Crippen LogP contribution in [-0.2, 0) is 26.5 Å². The fraction of sp³-hybridized carbons (Fsp3) is 0.250. The molecular weight excluding hydrogens is 310 g/mol. The zero-order chi connectivity index (χ0) is 15.0. The molecule has 2 aromatic carbocycles. The third-order valence-electron chi connectivity index (χ3n) is 2.97. The van der Waals surface area contributed by atoms with E-state index in [9.17, 15) is 9.46 Å². The predicted molar refractivity (Wildman–Crippen MR) is 79.8 cm³/mol. The molecule has 0 N–H and O–H groups in total. The molecule has 2 aromatic rings. The van der Waals surface area contributed by atoms with E-state index in [2.05, 4.69) is 0 Å². The standard InChI is InChI=1S/C16H19O4P.Na/c17-21(18,19-13-11-15-7-3-1-4-8-15)20-14-12-16-9-5-2-6-10-16;/h1-10H,11-14H2,(H,17,18);/q;+1/p-1. The molecule has 112 valence electrons. The van der Waals surface area contributed by atoms with E-state index >= 15 is 0 Å². The van der Waals surface area contributed by atoms with Gasteiger partial charge in [-0.1, -0.05) is 60.7 Å². The Labute approximate surface area is 153 Å². The summed E-state index contributed by atoms with van der Waals surface area (Å²) in [5.41, 5.74) is 2.06. The SMILES string of the molecule is O=P([O-])(OCCc1ccccc1)OCCc1ccccc1.[Na+]. The van der Waals surface area contributed by atoms with Gasteiger partial charge in [-0.25, -0.2) is 0 Å². The number of rotatable bonds is 8. The van der Waals surface area contributed by atoms with Gasteiger partial charge in [-0.2, -0.15) is 0 Å². The predicted octanol–water partition coefficient (Wildman–Crippen LogP) is -0.0226. The maximum Gasteiger partial charge on any atom is 1.00 e. The molecule has 0 saturated heterocycles. The van der Waals surface area contributed by atoms with Crippen molar-refractivity contribution < 1.29 is 48.1 Å². The molecule has 0 radical (unpaired) electrons. The van der Waals surface area contributed by atoms with E-state index in [1.165, 1.54) is 0 Å². The van der Waals surface area contributed by atoms with E-state index in [4.69, 9.17) is 9.05 Å². The van der Waals surface area contributed by atoms with Gasteiger partial charge in [0, 0.05) is 0 Å². The van der Waals surface area contributed by atoms with Crippen molar-refractivity contribution in [2.75, 3.05) is 13.2 Å². The molecule has 0 aliphatic rings. The van der Waals surface area contributed by atoms with Gasteiger partial charge in [0.2, 0.25) is 0 Å². The number of phosphoric ester groups is 1. The Hall–Kier alpha value is -0.450. The Balaban J connectivity index is 0.00000242. The second-order valence-corrected chi connectivity index (χ2v) is 6.00. The molecule has 22 heavy (non-hydrogen) atoms. The first-order valence-electron chi connectivity index (χ1n) is 6.84. The van der Waals surface area contributed by atoms with Crippen molar-refractivity contribution in [2.24, 2.45) is 0 Å². The van der Waals surface area contributed by atoms with Crippen molar-refractivity contribution >= 4 is 7.82 Å². The van der Waals surface area contributed by atoms with Crippen molar-refractivity contribution in [3.8, 4) is 0 Å². The summed E-state index contributed by atoms with van der Waals surface area (Å²) >= 11 is 0. The van der Waals surface area contributed by atoms with Crippen LogP contribution in [0.1, 0.15) is 11.1 Å². The summed E-state index contributed by atoms with van der Waals surface area (Å²) in [5, 5.41) is 0. The molecule has 4 nitrogen and oxygen atoms in total. The van der Waals surface area contributed by atoms with Crippen molar-refractivity contribution in [3.63, 3.8) is 0 Å². The fourth-order valence-corrected chi connectivity index (χ4v) is 2.58. The first kappa shape index (κ1) is 19.6. The number of hydrogen-bond acceptors (Lipinski definition) is 4. The second-order valence-electron chi connectivity index (χ2n) is 4.58. The van der Waals surface area contributed by atoms with Gasteiger partial charge in [-0.15, -0.1) is 0 Å². The summed E-state index contributed by atoms with van der Waals surface area (Å²) in [7, 11) is -4.22. The van der Waals surface area contributed by atoms with Crippen LogP contribution in [0.3, 0.4) is 0 Å². The Kier molecular flexibility index (Phi) is 9.22. The van der Waals surface area contributed by atoms with Gasteiger partial charge in [0.1, 0.15) is 0 Å². The van der Waals surface area contributed by atoms with Gasteiger partial charge in [0.05, 0.1) is 13.2 Å². The van der Waals surface area contributed by atoms with Crippen LogP contribution < -0.4 is 34.5 Å². The van der Waals surface area contributed by atoms with Crippen molar-refractivity contribution in [2.45, 2.75) is 12.8 Å². The van der Waals surface area contributed by atoms with Gasteiger partial charge in [-0.3, -0.25) is 4.57 Å². The maximum atomic E-state index is 11.6. The van der Waals surface area contributed by atoms with Crippen LogP contribution in [-0.4, -0.2) is 13.2 Å². The molecule has 0 bridgehead atoms. The Morgan fingerprint density at radius 1 is 0.773 bits per heavy atom. The van der Waals surface area contributed by atoms with Crippen LogP contribution >= 0.6 is 7.82 Å². The van der Waals surface area contributed by atoms with E-state index < -0.39 is 7.82 Å². The molecule has 0 aromatic heterocycles. The minimum atomic E-state index is -4.22. The molecule has 0 heterocycles. The van der Waals surface area contributed by atoms with Crippen LogP contribution in [0.25, 0.3) is 0 Å². The van der Waals surface area contributed by atoms with E-state index in [1.54, 1.807) is 0 Å². The third kappa shape index (κ3) is 7.70. The number of hydrogen-bond donors (Lipinski definition) is 0. The van der Waals surface area contributed by atoms with Crippen LogP contribution in [0.4, 0.5) is 0 Å². The van der Waals surface area contributed by atoms with Crippen LogP contribution in [0, 0.1) is 0 Å². The Morgan fingerprint density at radius 2 is 1.14 bits per heavy atom. The average Bonchev–Trinajstić information content (AvgIpc) is 2.49. The summed E-state index contributed by atoms with van der Waals surface area (Å²) < 4.78 is 21.3. The van der Waals surface area contributed by atoms with Gasteiger partial charge >= 0.3 is 29.6 Å². The van der Waals surface area contributed by atoms with Gasteiger partial charge in [0.25, 0.3) is 7.82 Å². The van der Waals surface area contributed by atoms with E-state index in [0.717, 1.165) is 11.1 Å². The molecule has 0 aliphatic carbocycles. The largest absolute Gasteiger partial charge is 1.00 e. The summed E-state index contributed by atoms with van der Waals surface area (Å²) in [5.74, 6) is 0. The first-order valence-corrected chi connectivity index (χ1v) is 8.30. The van der Waals surface area contributed by atoms with Crippen molar-refractivity contribution in [3.05, 3.63) is 71.8 Å². The van der Waals surface area contributed by atoms with Gasteiger partial charge in [-0.05, 0) is 24.0 Å². The van der Waals surface area contributed by atoms with E-state index in [0.29, 0.717) is 12.8 Å². The van der Waals surface area contributed by atoms with Crippen LogP contribution in [0.2, 0.25) is 0 Å². The molecule has 2 rings (SSSR count). The quantitative estimate of drug-likeness (QED) is 0.505. The third-order valence-corrected chi connectivity index (χ3v) is 3.96. The van der Waals surface area contributed by atoms with Crippen molar-refractivity contribution in [1.82, 2.24) is 0 Å². The maximum absolute atomic E-state index is 11.6. The fourth-order valence-electron chi connectivity index (χ4n) is 1.88. The summed E-state index contributed by atoms with van der Waals surface area (Å²) in [6, 6.07) is 19.1. The van der Waals surface area contributed by atoms with Crippen LogP contribution in [0.15, 0.2) is 60.7 Å². The zero-order valence-electron chi connectivity index (χ0n) is 12.7. The van der Waals surface area contributed by atoms with Crippen molar-refractivity contribution in [1.29, 1.82) is 0 Å². The molecule has 0 aliphatic heterocycles. The topological polar surface area (TPSA) is 58.6 Å². The first-order chi connectivity index (χ1) is 10.2. The number of benzene rings is 2. The molecule has 0 fully saturated rings. The molecule has 0 unspecified atom stereocenters. The molecule has 0 spiro atoms. The Morgan fingerprint density at radius 3 is 1.50 bits per heavy atom. The van der Waals surface area contributed by atoms with Gasteiger partial charge < -0.3 is 13.9 Å². The minimum Gasteiger partial charge on any atom is -0.756 e. The molecular formula is C16H18NaO4P. The van der Waals surface area contributed by atoms with Gasteiger partial charge in [0.15, 0.2) is 0 Å². The van der Waals surface area contributed by atoms with Crippen LogP contribution in [0.5, 0.6) is 0 Å². The molecule has 6 heteroatoms. The second kappa shape index (κ2) is 10.3. The van der Waals surface area contributed by atoms with E-state index in [-0.39, 0.29) is 42.8 Å². The minimum absolute atomic E-state index is 0. The molecule has 0 atom stereocenters. The monoisotopic (exact) mass is 328 g/mol. The molecule has 0 saturated carbocycles.